The van der Waals surface area contributed by atoms with E-state index in [-0.39, 0.29) is 17.7 Å². The van der Waals surface area contributed by atoms with Crippen molar-refractivity contribution in [1.29, 1.82) is 0 Å². The summed E-state index contributed by atoms with van der Waals surface area (Å²) in [5, 5.41) is 0. The molecule has 19 heavy (non-hydrogen) atoms. The largest absolute Gasteiger partial charge is 0.274 e. The van der Waals surface area contributed by atoms with E-state index in [2.05, 4.69) is 19.9 Å². The molecule has 0 spiro atoms. The lowest BCUT2D eigenvalue weighted by Gasteiger charge is -2.26. The first-order chi connectivity index (χ1) is 9.09. The topological polar surface area (TPSA) is 20.3 Å². The molecule has 1 heterocycles. The lowest BCUT2D eigenvalue weighted by molar-refractivity contribution is -0.121. The standard InChI is InChI=1S/C16H17NOS/c1-10-8-11(2)14-13(9-10)15(18)17(16(14)19)12-6-4-3-5-7-12/h3-8,11,13-14H,9H2,1-2H3/t11-,13+,14-/m1/s1. The lowest BCUT2D eigenvalue weighted by atomic mass is 9.76. The number of amides is 1. The lowest BCUT2D eigenvalue weighted by Crippen LogP contribution is -2.30. The number of benzene rings is 1. The van der Waals surface area contributed by atoms with Crippen molar-refractivity contribution in [1.82, 2.24) is 0 Å². The van der Waals surface area contributed by atoms with Gasteiger partial charge in [0.2, 0.25) is 5.91 Å². The van der Waals surface area contributed by atoms with Crippen LogP contribution in [-0.2, 0) is 4.79 Å². The van der Waals surface area contributed by atoms with E-state index >= 15 is 0 Å². The molecule has 1 fully saturated rings. The predicted octanol–water partition coefficient (Wildman–Crippen LogP) is 3.58. The van der Waals surface area contributed by atoms with Crippen LogP contribution in [0.2, 0.25) is 0 Å². The second kappa shape index (κ2) is 4.57. The second-order valence-corrected chi connectivity index (χ2v) is 5.97. The molecule has 0 N–H and O–H groups in total. The maximum absolute atomic E-state index is 12.7. The van der Waals surface area contributed by atoms with Gasteiger partial charge in [0.05, 0.1) is 10.9 Å². The monoisotopic (exact) mass is 271 g/mol. The summed E-state index contributed by atoms with van der Waals surface area (Å²) in [6.45, 7) is 4.27. The second-order valence-electron chi connectivity index (χ2n) is 5.56. The summed E-state index contributed by atoms with van der Waals surface area (Å²) in [6.07, 6.45) is 3.10. The van der Waals surface area contributed by atoms with E-state index in [4.69, 9.17) is 12.2 Å². The molecule has 1 aliphatic carbocycles. The van der Waals surface area contributed by atoms with E-state index < -0.39 is 0 Å². The molecule has 1 amide bonds. The van der Waals surface area contributed by atoms with Crippen molar-refractivity contribution < 1.29 is 4.79 Å². The SMILES string of the molecule is CC1=C[C@@H](C)[C@H]2C(=S)N(c3ccccc3)C(=O)[C@H]2C1. The van der Waals surface area contributed by atoms with Crippen molar-refractivity contribution in [2.45, 2.75) is 20.3 Å². The first kappa shape index (κ1) is 12.5. The van der Waals surface area contributed by atoms with Crippen LogP contribution in [-0.4, -0.2) is 10.9 Å². The van der Waals surface area contributed by atoms with Gasteiger partial charge in [0.15, 0.2) is 0 Å². The number of hydrogen-bond donors (Lipinski definition) is 0. The zero-order valence-corrected chi connectivity index (χ0v) is 12.0. The number of hydrogen-bond acceptors (Lipinski definition) is 2. The zero-order chi connectivity index (χ0) is 13.6. The van der Waals surface area contributed by atoms with Crippen LogP contribution >= 0.6 is 12.2 Å². The highest BCUT2D eigenvalue weighted by molar-refractivity contribution is 7.80. The quantitative estimate of drug-likeness (QED) is 0.575. The Morgan fingerprint density at radius 3 is 2.63 bits per heavy atom. The zero-order valence-electron chi connectivity index (χ0n) is 11.2. The molecular weight excluding hydrogens is 254 g/mol. The summed E-state index contributed by atoms with van der Waals surface area (Å²) in [7, 11) is 0. The maximum Gasteiger partial charge on any atom is 0.236 e. The number of anilines is 1. The molecule has 0 bridgehead atoms. The van der Waals surface area contributed by atoms with E-state index in [1.54, 1.807) is 4.90 Å². The van der Waals surface area contributed by atoms with Crippen LogP contribution in [0.25, 0.3) is 0 Å². The fourth-order valence-corrected chi connectivity index (χ4v) is 3.93. The van der Waals surface area contributed by atoms with Crippen LogP contribution in [0.5, 0.6) is 0 Å². The molecule has 3 heteroatoms. The van der Waals surface area contributed by atoms with Crippen LogP contribution in [0.4, 0.5) is 5.69 Å². The molecule has 2 nitrogen and oxygen atoms in total. The molecule has 1 aromatic carbocycles. The summed E-state index contributed by atoms with van der Waals surface area (Å²) >= 11 is 5.59. The number of carbonyl (C=O) groups is 1. The Kier molecular flexibility index (Phi) is 3.02. The minimum atomic E-state index is 0.0349. The van der Waals surface area contributed by atoms with Gasteiger partial charge in [-0.15, -0.1) is 0 Å². The van der Waals surface area contributed by atoms with E-state index in [1.165, 1.54) is 5.57 Å². The summed E-state index contributed by atoms with van der Waals surface area (Å²) in [4.78, 5) is 15.2. The summed E-state index contributed by atoms with van der Waals surface area (Å²) in [5.74, 6) is 0.739. The molecule has 3 rings (SSSR count). The normalized spacial score (nSPS) is 30.3. The fraction of sp³-hybridized carbons (Fsp3) is 0.375. The first-order valence-corrected chi connectivity index (χ1v) is 7.10. The average molecular weight is 271 g/mol. The van der Waals surface area contributed by atoms with Crippen LogP contribution < -0.4 is 4.90 Å². The average Bonchev–Trinajstić information content (AvgIpc) is 2.62. The van der Waals surface area contributed by atoms with Crippen molar-refractivity contribution in [3.05, 3.63) is 42.0 Å². The van der Waals surface area contributed by atoms with Gasteiger partial charge in [-0.25, -0.2) is 0 Å². The summed E-state index contributed by atoms with van der Waals surface area (Å²) < 4.78 is 0. The number of para-hydroxylation sites is 1. The van der Waals surface area contributed by atoms with Crippen LogP contribution in [0, 0.1) is 17.8 Å². The van der Waals surface area contributed by atoms with Gasteiger partial charge in [-0.1, -0.05) is 49.0 Å². The third kappa shape index (κ3) is 1.93. The number of allylic oxidation sites excluding steroid dienone is 2. The van der Waals surface area contributed by atoms with Gasteiger partial charge < -0.3 is 0 Å². The number of rotatable bonds is 1. The molecule has 1 aliphatic heterocycles. The van der Waals surface area contributed by atoms with Gasteiger partial charge >= 0.3 is 0 Å². The van der Waals surface area contributed by atoms with Crippen LogP contribution in [0.15, 0.2) is 42.0 Å². The third-order valence-corrected chi connectivity index (χ3v) is 4.60. The van der Waals surface area contributed by atoms with E-state index in [0.29, 0.717) is 5.92 Å². The summed E-state index contributed by atoms with van der Waals surface area (Å²) in [6, 6.07) is 9.74. The van der Waals surface area contributed by atoms with Gasteiger partial charge in [-0.3, -0.25) is 9.69 Å². The molecule has 0 aromatic heterocycles. The molecule has 98 valence electrons. The van der Waals surface area contributed by atoms with Crippen LogP contribution in [0.3, 0.4) is 0 Å². The minimum absolute atomic E-state index is 0.0349. The number of carbonyl (C=O) groups excluding carboxylic acids is 1. The van der Waals surface area contributed by atoms with Gasteiger partial charge in [0.25, 0.3) is 0 Å². The van der Waals surface area contributed by atoms with Crippen molar-refractivity contribution >= 4 is 28.8 Å². The predicted molar refractivity (Wildman–Crippen MR) is 81.0 cm³/mol. The smallest absolute Gasteiger partial charge is 0.236 e. The molecule has 2 aliphatic rings. The van der Waals surface area contributed by atoms with E-state index in [9.17, 15) is 4.79 Å². The Labute approximate surface area is 119 Å². The fourth-order valence-electron chi connectivity index (χ4n) is 3.35. The highest BCUT2D eigenvalue weighted by Gasteiger charge is 2.48. The third-order valence-electron chi connectivity index (χ3n) is 4.15. The molecule has 3 atom stereocenters. The molecular formula is C16H17NOS. The van der Waals surface area contributed by atoms with Gasteiger partial charge in [-0.2, -0.15) is 0 Å². The number of fused-ring (bicyclic) bond motifs is 1. The molecule has 1 aromatic rings. The first-order valence-electron chi connectivity index (χ1n) is 6.69. The highest BCUT2D eigenvalue weighted by atomic mass is 32.1. The van der Waals surface area contributed by atoms with Gasteiger partial charge in [0.1, 0.15) is 0 Å². The Hall–Kier alpha value is -1.48. The van der Waals surface area contributed by atoms with Crippen molar-refractivity contribution in [2.24, 2.45) is 17.8 Å². The van der Waals surface area contributed by atoms with Crippen molar-refractivity contribution in [2.75, 3.05) is 4.90 Å². The Morgan fingerprint density at radius 1 is 1.26 bits per heavy atom. The highest BCUT2D eigenvalue weighted by Crippen LogP contribution is 2.43. The molecule has 0 saturated carbocycles. The van der Waals surface area contributed by atoms with Crippen LogP contribution in [0.1, 0.15) is 20.3 Å². The number of thiocarbonyl (C=S) groups is 1. The molecule has 0 radical (unpaired) electrons. The van der Waals surface area contributed by atoms with Gasteiger partial charge in [-0.05, 0) is 31.4 Å². The minimum Gasteiger partial charge on any atom is -0.274 e. The van der Waals surface area contributed by atoms with Crippen molar-refractivity contribution in [3.63, 3.8) is 0 Å². The Morgan fingerprint density at radius 2 is 1.95 bits per heavy atom. The number of nitrogens with zero attached hydrogens (tertiary/aromatic N) is 1. The van der Waals surface area contributed by atoms with E-state index in [0.717, 1.165) is 17.1 Å². The molecule has 1 saturated heterocycles. The van der Waals surface area contributed by atoms with Crippen molar-refractivity contribution in [3.8, 4) is 0 Å². The maximum atomic E-state index is 12.7. The Bertz CT molecular complexity index is 563. The summed E-state index contributed by atoms with van der Waals surface area (Å²) in [5.41, 5.74) is 2.21. The van der Waals surface area contributed by atoms with Gasteiger partial charge in [0, 0.05) is 11.6 Å². The Balaban J connectivity index is 2.00. The molecule has 0 unspecified atom stereocenters. The van der Waals surface area contributed by atoms with E-state index in [1.807, 2.05) is 30.3 Å².